The summed E-state index contributed by atoms with van der Waals surface area (Å²) in [5.74, 6) is 0.589. The number of hydrogen-bond donors (Lipinski definition) is 0. The van der Waals surface area contributed by atoms with Crippen molar-refractivity contribution in [3.63, 3.8) is 0 Å². The molecule has 1 amide bonds. The summed E-state index contributed by atoms with van der Waals surface area (Å²) in [6.07, 6.45) is 3.50. The van der Waals surface area contributed by atoms with Crippen molar-refractivity contribution < 1.29 is 9.53 Å². The lowest BCUT2D eigenvalue weighted by Gasteiger charge is -2.21. The van der Waals surface area contributed by atoms with E-state index < -0.39 is 0 Å². The number of fused-ring (bicyclic) bond motifs is 2. The summed E-state index contributed by atoms with van der Waals surface area (Å²) in [6.45, 7) is 0.342. The topological polar surface area (TPSA) is 68.2 Å². The molecule has 4 heterocycles. The number of carbonyl (C=O) groups excluding carboxylic acids is 1. The van der Waals surface area contributed by atoms with Gasteiger partial charge in [-0.25, -0.2) is 9.97 Å². The van der Waals surface area contributed by atoms with Gasteiger partial charge in [0.2, 0.25) is 0 Å². The minimum absolute atomic E-state index is 0.138. The summed E-state index contributed by atoms with van der Waals surface area (Å²) in [6, 6.07) is 23.3. The Bertz CT molecular complexity index is 1680. The number of carbonyl (C=O) groups is 1. The second-order valence-corrected chi connectivity index (χ2v) is 10.1. The number of rotatable bonds is 6. The summed E-state index contributed by atoms with van der Waals surface area (Å²) >= 11 is 3.08. The zero-order chi connectivity index (χ0) is 24.5. The normalized spacial score (nSPS) is 11.1. The number of para-hydroxylation sites is 1. The molecule has 0 atom stereocenters. The maximum Gasteiger partial charge on any atom is 0.261 e. The lowest BCUT2D eigenvalue weighted by Crippen LogP contribution is -2.30. The van der Waals surface area contributed by atoms with Gasteiger partial charge in [-0.05, 0) is 47.3 Å². The fraction of sp³-hybridized carbons (Fsp3) is 0.0714. The minimum Gasteiger partial charge on any atom is -0.497 e. The van der Waals surface area contributed by atoms with E-state index in [1.165, 1.54) is 11.3 Å². The van der Waals surface area contributed by atoms with Crippen LogP contribution in [0.5, 0.6) is 5.75 Å². The Labute approximate surface area is 215 Å². The molecular weight excluding hydrogens is 488 g/mol. The first kappa shape index (κ1) is 22.3. The van der Waals surface area contributed by atoms with E-state index in [2.05, 4.69) is 4.98 Å². The Morgan fingerprint density at radius 1 is 0.972 bits per heavy atom. The average Bonchev–Trinajstić information content (AvgIpc) is 3.61. The number of aromatic nitrogens is 3. The summed E-state index contributed by atoms with van der Waals surface area (Å²) in [5.41, 5.74) is 3.85. The summed E-state index contributed by atoms with van der Waals surface area (Å²) < 4.78 is 6.35. The third-order valence-electron chi connectivity index (χ3n) is 5.84. The minimum atomic E-state index is -0.138. The van der Waals surface area contributed by atoms with Crippen molar-refractivity contribution in [3.05, 3.63) is 102 Å². The van der Waals surface area contributed by atoms with E-state index >= 15 is 0 Å². The molecule has 176 valence electrons. The largest absolute Gasteiger partial charge is 0.497 e. The van der Waals surface area contributed by atoms with Crippen molar-refractivity contribution in [1.82, 2.24) is 15.0 Å². The predicted molar refractivity (Wildman–Crippen MR) is 146 cm³/mol. The standard InChI is InChI=1S/C28H20N4O2S2/c1-34-19-10-11-26-23(14-19)31-28(36-26)32(17-18-6-4-12-29-16-18)27(33)21-15-24(25-9-5-13-35-25)30-22-8-3-2-7-20(21)22/h2-16H,17H2,1H3. The molecule has 0 saturated heterocycles. The van der Waals surface area contributed by atoms with Crippen LogP contribution >= 0.6 is 22.7 Å². The number of hydrogen-bond acceptors (Lipinski definition) is 7. The van der Waals surface area contributed by atoms with Crippen molar-refractivity contribution in [2.45, 2.75) is 6.54 Å². The first-order chi connectivity index (χ1) is 17.7. The molecule has 8 heteroatoms. The van der Waals surface area contributed by atoms with Crippen molar-refractivity contribution in [2.75, 3.05) is 12.0 Å². The third-order valence-corrected chi connectivity index (χ3v) is 7.79. The molecule has 0 aliphatic rings. The third kappa shape index (κ3) is 4.21. The molecule has 6 rings (SSSR count). The lowest BCUT2D eigenvalue weighted by molar-refractivity contribution is 0.0986. The maximum atomic E-state index is 14.3. The molecule has 0 bridgehead atoms. The fourth-order valence-electron chi connectivity index (χ4n) is 4.09. The van der Waals surface area contributed by atoms with E-state index in [4.69, 9.17) is 14.7 Å². The number of pyridine rings is 2. The number of thiophene rings is 1. The van der Waals surface area contributed by atoms with Gasteiger partial charge in [-0.3, -0.25) is 14.7 Å². The highest BCUT2D eigenvalue weighted by Crippen LogP contribution is 2.34. The van der Waals surface area contributed by atoms with Gasteiger partial charge in [0.1, 0.15) is 5.75 Å². The number of amides is 1. The molecular formula is C28H20N4O2S2. The second kappa shape index (κ2) is 9.49. The number of methoxy groups -OCH3 is 1. The van der Waals surface area contributed by atoms with Crippen LogP contribution in [0.3, 0.4) is 0 Å². The predicted octanol–water partition coefficient (Wildman–Crippen LogP) is 6.82. The van der Waals surface area contributed by atoms with Crippen LogP contribution in [-0.2, 0) is 6.54 Å². The van der Waals surface area contributed by atoms with Crippen LogP contribution in [0, 0.1) is 0 Å². The quantitative estimate of drug-likeness (QED) is 0.247. The van der Waals surface area contributed by atoms with Crippen LogP contribution in [0.25, 0.3) is 31.7 Å². The van der Waals surface area contributed by atoms with Crippen molar-refractivity contribution in [3.8, 4) is 16.3 Å². The lowest BCUT2D eigenvalue weighted by atomic mass is 10.1. The average molecular weight is 509 g/mol. The van der Waals surface area contributed by atoms with Crippen molar-refractivity contribution in [1.29, 1.82) is 0 Å². The summed E-state index contributed by atoms with van der Waals surface area (Å²) in [5, 5.41) is 3.44. The molecule has 0 aliphatic carbocycles. The molecule has 0 aliphatic heterocycles. The maximum absolute atomic E-state index is 14.3. The highest BCUT2D eigenvalue weighted by molar-refractivity contribution is 7.22. The molecule has 0 fully saturated rings. The Kier molecular flexibility index (Phi) is 5.88. The smallest absolute Gasteiger partial charge is 0.261 e. The van der Waals surface area contributed by atoms with E-state index in [1.807, 2.05) is 78.2 Å². The highest BCUT2D eigenvalue weighted by Gasteiger charge is 2.25. The first-order valence-electron chi connectivity index (χ1n) is 11.3. The molecule has 36 heavy (non-hydrogen) atoms. The van der Waals surface area contributed by atoms with E-state index in [1.54, 1.807) is 35.7 Å². The van der Waals surface area contributed by atoms with Crippen molar-refractivity contribution >= 4 is 54.8 Å². The van der Waals surface area contributed by atoms with Crippen LogP contribution in [0.4, 0.5) is 5.13 Å². The van der Waals surface area contributed by atoms with Gasteiger partial charge in [-0.1, -0.05) is 41.7 Å². The Morgan fingerprint density at radius 2 is 1.89 bits per heavy atom. The van der Waals surface area contributed by atoms with Gasteiger partial charge in [-0.15, -0.1) is 11.3 Å². The Hall–Kier alpha value is -4.14. The van der Waals surface area contributed by atoms with Crippen LogP contribution in [-0.4, -0.2) is 28.0 Å². The molecule has 4 aromatic heterocycles. The molecule has 0 spiro atoms. The summed E-state index contributed by atoms with van der Waals surface area (Å²) in [4.78, 5) is 31.0. The van der Waals surface area contributed by atoms with E-state index in [9.17, 15) is 4.79 Å². The van der Waals surface area contributed by atoms with Gasteiger partial charge >= 0.3 is 0 Å². The zero-order valence-electron chi connectivity index (χ0n) is 19.3. The van der Waals surface area contributed by atoms with Crippen LogP contribution in [0.2, 0.25) is 0 Å². The van der Waals surface area contributed by atoms with Crippen molar-refractivity contribution in [2.24, 2.45) is 0 Å². The number of anilines is 1. The molecule has 0 saturated carbocycles. The summed E-state index contributed by atoms with van der Waals surface area (Å²) in [7, 11) is 1.63. The Balaban J connectivity index is 1.51. The van der Waals surface area contributed by atoms with Crippen LogP contribution in [0.1, 0.15) is 15.9 Å². The van der Waals surface area contributed by atoms with Gasteiger partial charge in [0.15, 0.2) is 5.13 Å². The highest BCUT2D eigenvalue weighted by atomic mass is 32.1. The number of nitrogens with zero attached hydrogens (tertiary/aromatic N) is 4. The molecule has 0 radical (unpaired) electrons. The van der Waals surface area contributed by atoms with E-state index in [0.29, 0.717) is 17.2 Å². The molecule has 6 nitrogen and oxygen atoms in total. The molecule has 6 aromatic rings. The van der Waals surface area contributed by atoms with E-state index in [-0.39, 0.29) is 5.91 Å². The SMILES string of the molecule is COc1ccc2sc(N(Cc3cccnc3)C(=O)c3cc(-c4cccs4)nc4ccccc34)nc2c1. The molecule has 2 aromatic carbocycles. The monoisotopic (exact) mass is 508 g/mol. The van der Waals surface area contributed by atoms with Gasteiger partial charge < -0.3 is 4.74 Å². The van der Waals surface area contributed by atoms with E-state index in [0.717, 1.165) is 43.0 Å². The number of ether oxygens (including phenoxy) is 1. The first-order valence-corrected chi connectivity index (χ1v) is 13.0. The zero-order valence-corrected chi connectivity index (χ0v) is 20.9. The van der Waals surface area contributed by atoms with Crippen LogP contribution in [0.15, 0.2) is 90.6 Å². The van der Waals surface area contributed by atoms with Gasteiger partial charge in [0, 0.05) is 23.8 Å². The van der Waals surface area contributed by atoms with Crippen LogP contribution < -0.4 is 9.64 Å². The molecule has 0 N–H and O–H groups in total. The van der Waals surface area contributed by atoms with Gasteiger partial charge in [0.05, 0.1) is 45.5 Å². The second-order valence-electron chi connectivity index (χ2n) is 8.13. The number of benzene rings is 2. The fourth-order valence-corrected chi connectivity index (χ4v) is 5.72. The molecule has 0 unspecified atom stereocenters. The Morgan fingerprint density at radius 3 is 2.69 bits per heavy atom. The number of thiazole rings is 1. The van der Waals surface area contributed by atoms with Gasteiger partial charge in [-0.2, -0.15) is 0 Å². The van der Waals surface area contributed by atoms with Gasteiger partial charge in [0.25, 0.3) is 5.91 Å².